The van der Waals surface area contributed by atoms with Crippen LogP contribution in [0.15, 0.2) is 59.8 Å². The van der Waals surface area contributed by atoms with Gasteiger partial charge in [-0.15, -0.1) is 0 Å². The Labute approximate surface area is 205 Å². The number of anilines is 1. The number of benzene rings is 2. The third-order valence-corrected chi connectivity index (χ3v) is 6.96. The lowest BCUT2D eigenvalue weighted by Crippen LogP contribution is -2.46. The summed E-state index contributed by atoms with van der Waals surface area (Å²) < 4.78 is 13.9. The van der Waals surface area contributed by atoms with Gasteiger partial charge in [0.15, 0.2) is 0 Å². The Bertz CT molecular complexity index is 1340. The summed E-state index contributed by atoms with van der Waals surface area (Å²) >= 11 is 0.765. The second-order valence-corrected chi connectivity index (χ2v) is 9.20. The molecule has 2 fully saturated rings. The van der Waals surface area contributed by atoms with Crippen LogP contribution in [0, 0.1) is 5.82 Å². The van der Waals surface area contributed by atoms with E-state index in [1.54, 1.807) is 12.1 Å². The molecule has 1 N–H and O–H groups in total. The zero-order chi connectivity index (χ0) is 24.4. The molecule has 1 atom stereocenters. The maximum absolute atomic E-state index is 13.9. The number of hydrogen-bond donors (Lipinski definition) is 1. The lowest BCUT2D eigenvalue weighted by atomic mass is 10.2. The Morgan fingerprint density at radius 2 is 1.94 bits per heavy atom. The molecule has 0 spiro atoms. The summed E-state index contributed by atoms with van der Waals surface area (Å²) in [6.07, 6.45) is 4.40. The van der Waals surface area contributed by atoms with Gasteiger partial charge in [0.1, 0.15) is 24.0 Å². The number of imide groups is 1. The van der Waals surface area contributed by atoms with Crippen molar-refractivity contribution < 1.29 is 18.8 Å². The van der Waals surface area contributed by atoms with Gasteiger partial charge in [-0.05, 0) is 48.9 Å². The molecular weight excluding hydrogens is 469 g/mol. The fraction of sp³-hybridized carbons (Fsp3) is 0.240. The van der Waals surface area contributed by atoms with Gasteiger partial charge in [-0.25, -0.2) is 14.4 Å². The van der Waals surface area contributed by atoms with E-state index in [0.29, 0.717) is 13.0 Å². The highest BCUT2D eigenvalue weighted by Gasteiger charge is 2.36. The SMILES string of the molecule is O=C(NCCN1C(=O)SC(=Cc2ccccc2F)C1=O)C1CCCN1c1ncnc2ccccc12. The van der Waals surface area contributed by atoms with Crippen molar-refractivity contribution in [2.75, 3.05) is 24.5 Å². The van der Waals surface area contributed by atoms with E-state index in [9.17, 15) is 18.8 Å². The summed E-state index contributed by atoms with van der Waals surface area (Å²) in [4.78, 5) is 50.0. The number of hydrogen-bond acceptors (Lipinski definition) is 7. The van der Waals surface area contributed by atoms with E-state index < -0.39 is 23.0 Å². The largest absolute Gasteiger partial charge is 0.353 e. The third-order valence-electron chi connectivity index (χ3n) is 6.05. The molecule has 0 bridgehead atoms. The number of fused-ring (bicyclic) bond motifs is 1. The molecule has 178 valence electrons. The molecule has 2 aliphatic heterocycles. The number of halogens is 1. The average molecular weight is 492 g/mol. The lowest BCUT2D eigenvalue weighted by Gasteiger charge is -2.26. The lowest BCUT2D eigenvalue weighted by molar-refractivity contribution is -0.124. The second kappa shape index (κ2) is 9.83. The average Bonchev–Trinajstić information content (AvgIpc) is 3.45. The maximum Gasteiger partial charge on any atom is 0.293 e. The van der Waals surface area contributed by atoms with Crippen molar-refractivity contribution in [2.45, 2.75) is 18.9 Å². The normalized spacial score (nSPS) is 19.2. The molecule has 8 nitrogen and oxygen atoms in total. The van der Waals surface area contributed by atoms with E-state index >= 15 is 0 Å². The van der Waals surface area contributed by atoms with Crippen LogP contribution in [-0.4, -0.2) is 57.6 Å². The molecule has 5 rings (SSSR count). The van der Waals surface area contributed by atoms with Gasteiger partial charge in [0, 0.05) is 30.6 Å². The number of para-hydroxylation sites is 1. The fourth-order valence-corrected chi connectivity index (χ4v) is 5.20. The minimum absolute atomic E-state index is 0.0359. The molecule has 1 unspecified atom stereocenters. The summed E-state index contributed by atoms with van der Waals surface area (Å²) in [6.45, 7) is 0.857. The van der Waals surface area contributed by atoms with Gasteiger partial charge in [-0.3, -0.25) is 19.3 Å². The predicted octanol–water partition coefficient (Wildman–Crippen LogP) is 3.59. The first kappa shape index (κ1) is 23.0. The van der Waals surface area contributed by atoms with Crippen molar-refractivity contribution in [2.24, 2.45) is 0 Å². The Hall–Kier alpha value is -3.79. The van der Waals surface area contributed by atoms with E-state index in [-0.39, 0.29) is 29.5 Å². The Morgan fingerprint density at radius 1 is 1.14 bits per heavy atom. The third kappa shape index (κ3) is 4.61. The smallest absolute Gasteiger partial charge is 0.293 e. The van der Waals surface area contributed by atoms with E-state index in [1.165, 1.54) is 24.5 Å². The number of carbonyl (C=O) groups is 3. The zero-order valence-corrected chi connectivity index (χ0v) is 19.5. The van der Waals surface area contributed by atoms with Crippen LogP contribution >= 0.6 is 11.8 Å². The molecule has 3 amide bonds. The van der Waals surface area contributed by atoms with Crippen molar-refractivity contribution in [1.29, 1.82) is 0 Å². The first-order valence-corrected chi connectivity index (χ1v) is 12.1. The topological polar surface area (TPSA) is 95.5 Å². The molecule has 10 heteroatoms. The van der Waals surface area contributed by atoms with Gasteiger partial charge in [0.05, 0.1) is 10.4 Å². The van der Waals surface area contributed by atoms with Crippen molar-refractivity contribution in [1.82, 2.24) is 20.2 Å². The van der Waals surface area contributed by atoms with Gasteiger partial charge in [-0.2, -0.15) is 0 Å². The van der Waals surface area contributed by atoms with Gasteiger partial charge in [-0.1, -0.05) is 30.3 Å². The van der Waals surface area contributed by atoms with Crippen LogP contribution in [-0.2, 0) is 9.59 Å². The highest BCUT2D eigenvalue weighted by Crippen LogP contribution is 2.32. The number of amides is 3. The van der Waals surface area contributed by atoms with Gasteiger partial charge < -0.3 is 10.2 Å². The summed E-state index contributed by atoms with van der Waals surface area (Å²) in [5, 5.41) is 3.30. The fourth-order valence-electron chi connectivity index (χ4n) is 4.35. The number of carbonyl (C=O) groups excluding carboxylic acids is 3. The maximum atomic E-state index is 13.9. The van der Waals surface area contributed by atoms with Crippen LogP contribution in [0.1, 0.15) is 18.4 Å². The van der Waals surface area contributed by atoms with Crippen molar-refractivity contribution >= 4 is 51.6 Å². The first-order valence-electron chi connectivity index (χ1n) is 11.3. The quantitative estimate of drug-likeness (QED) is 0.527. The summed E-state index contributed by atoms with van der Waals surface area (Å²) in [6, 6.07) is 13.3. The molecule has 3 aromatic rings. The van der Waals surface area contributed by atoms with Gasteiger partial charge in [0.25, 0.3) is 11.1 Å². The molecule has 35 heavy (non-hydrogen) atoms. The molecular formula is C25H22FN5O3S. The molecule has 0 aliphatic carbocycles. The van der Waals surface area contributed by atoms with E-state index in [1.807, 2.05) is 29.2 Å². The van der Waals surface area contributed by atoms with E-state index in [4.69, 9.17) is 0 Å². The first-order chi connectivity index (χ1) is 17.0. The van der Waals surface area contributed by atoms with Crippen LogP contribution in [0.5, 0.6) is 0 Å². The van der Waals surface area contributed by atoms with E-state index in [2.05, 4.69) is 15.3 Å². The number of nitrogens with zero attached hydrogens (tertiary/aromatic N) is 4. The number of aromatic nitrogens is 2. The van der Waals surface area contributed by atoms with Gasteiger partial charge >= 0.3 is 0 Å². The van der Waals surface area contributed by atoms with Crippen LogP contribution < -0.4 is 10.2 Å². The van der Waals surface area contributed by atoms with E-state index in [0.717, 1.165) is 39.8 Å². The minimum atomic E-state index is -0.493. The van der Waals surface area contributed by atoms with Crippen LogP contribution in [0.25, 0.3) is 17.0 Å². The molecule has 2 aliphatic rings. The minimum Gasteiger partial charge on any atom is -0.353 e. The van der Waals surface area contributed by atoms with Crippen molar-refractivity contribution in [3.8, 4) is 0 Å². The molecule has 1 aromatic heterocycles. The van der Waals surface area contributed by atoms with Crippen LogP contribution in [0.4, 0.5) is 15.0 Å². The van der Waals surface area contributed by atoms with Crippen molar-refractivity contribution in [3.63, 3.8) is 0 Å². The predicted molar refractivity (Wildman–Crippen MR) is 132 cm³/mol. The standard InChI is InChI=1S/C25H22FN5O3S/c26-18-8-3-1-6-16(18)14-21-24(33)31(25(34)35-21)13-11-27-23(32)20-10-5-12-30(20)22-17-7-2-4-9-19(17)28-15-29-22/h1-4,6-9,14-15,20H,5,10-13H2,(H,27,32). The van der Waals surface area contributed by atoms with Crippen molar-refractivity contribution in [3.05, 3.63) is 71.1 Å². The Morgan fingerprint density at radius 3 is 2.80 bits per heavy atom. The van der Waals surface area contributed by atoms with Gasteiger partial charge in [0.2, 0.25) is 5.91 Å². The summed E-state index contributed by atoms with van der Waals surface area (Å²) in [7, 11) is 0. The molecule has 2 saturated heterocycles. The number of thioether (sulfide) groups is 1. The Kier molecular flexibility index (Phi) is 6.45. The summed E-state index contributed by atoms with van der Waals surface area (Å²) in [5.74, 6) is -0.423. The molecule has 0 radical (unpaired) electrons. The number of nitrogens with one attached hydrogen (secondary N) is 1. The Balaban J connectivity index is 1.22. The highest BCUT2D eigenvalue weighted by molar-refractivity contribution is 8.18. The highest BCUT2D eigenvalue weighted by atomic mass is 32.2. The second-order valence-electron chi connectivity index (χ2n) is 8.21. The zero-order valence-electron chi connectivity index (χ0n) is 18.7. The molecule has 2 aromatic carbocycles. The van der Waals surface area contributed by atoms with Crippen LogP contribution in [0.3, 0.4) is 0 Å². The summed E-state index contributed by atoms with van der Waals surface area (Å²) in [5.41, 5.74) is 1.05. The number of rotatable bonds is 6. The monoisotopic (exact) mass is 491 g/mol. The molecule has 0 saturated carbocycles. The van der Waals surface area contributed by atoms with Crippen LogP contribution in [0.2, 0.25) is 0 Å². The molecule has 3 heterocycles.